The van der Waals surface area contributed by atoms with Crippen LogP contribution in [0.15, 0.2) is 11.6 Å². The molecule has 0 nitrogen and oxygen atoms in total. The highest BCUT2D eigenvalue weighted by molar-refractivity contribution is 6.29. The maximum absolute atomic E-state index is 5.81. The second-order valence-corrected chi connectivity index (χ2v) is 3.21. The van der Waals surface area contributed by atoms with Gasteiger partial charge in [-0.25, -0.2) is 0 Å². The zero-order chi connectivity index (χ0) is 7.98. The molecule has 0 aromatic heterocycles. The monoisotopic (exact) mass is 160 g/mol. The first-order valence-electron chi connectivity index (χ1n) is 4.06. The molecule has 0 atom stereocenters. The third-order valence-corrected chi connectivity index (χ3v) is 2.03. The van der Waals surface area contributed by atoms with Gasteiger partial charge in [-0.1, -0.05) is 44.9 Å². The molecule has 0 aromatic carbocycles. The minimum Gasteiger partial charge on any atom is -0.0895 e. The largest absolute Gasteiger partial charge is 0.0895 e. The van der Waals surface area contributed by atoms with Crippen LogP contribution in [0.3, 0.4) is 0 Å². The number of halogens is 1. The first kappa shape index (κ1) is 10.0. The van der Waals surface area contributed by atoms with E-state index in [2.05, 4.69) is 20.4 Å². The van der Waals surface area contributed by atoms with E-state index in [4.69, 9.17) is 11.6 Å². The molecule has 0 bridgehead atoms. The van der Waals surface area contributed by atoms with Gasteiger partial charge in [-0.2, -0.15) is 0 Å². The summed E-state index contributed by atoms with van der Waals surface area (Å²) < 4.78 is 0. The molecule has 0 fully saturated rings. The van der Waals surface area contributed by atoms with Crippen LogP contribution in [0.2, 0.25) is 0 Å². The van der Waals surface area contributed by atoms with Crippen LogP contribution in [0.4, 0.5) is 0 Å². The van der Waals surface area contributed by atoms with Crippen LogP contribution in [0.1, 0.15) is 39.5 Å². The number of hydrogen-bond donors (Lipinski definition) is 0. The fraction of sp³-hybridized carbons (Fsp3) is 0.778. The van der Waals surface area contributed by atoms with Crippen molar-refractivity contribution in [3.63, 3.8) is 0 Å². The van der Waals surface area contributed by atoms with E-state index in [1.54, 1.807) is 0 Å². The molecule has 1 heteroatoms. The lowest BCUT2D eigenvalue weighted by Gasteiger charge is -2.12. The van der Waals surface area contributed by atoms with E-state index in [0.717, 1.165) is 5.03 Å². The van der Waals surface area contributed by atoms with Crippen LogP contribution >= 0.6 is 11.6 Å². The molecule has 10 heavy (non-hydrogen) atoms. The Hall–Kier alpha value is 0.0300. The van der Waals surface area contributed by atoms with Crippen molar-refractivity contribution in [2.24, 2.45) is 5.92 Å². The SMILES string of the molecule is C=C(Cl)C(CCC)CCC. The Bertz CT molecular complexity index is 90.9. The van der Waals surface area contributed by atoms with Crippen LogP contribution < -0.4 is 0 Å². The maximum Gasteiger partial charge on any atom is 0.0140 e. The number of allylic oxidation sites excluding steroid dienone is 1. The average Bonchev–Trinajstić information content (AvgIpc) is 1.87. The summed E-state index contributed by atoms with van der Waals surface area (Å²) in [5.74, 6) is 0.552. The van der Waals surface area contributed by atoms with Crippen molar-refractivity contribution in [2.75, 3.05) is 0 Å². The standard InChI is InChI=1S/C9H17Cl/c1-4-6-9(7-5-2)8(3)10/h9H,3-7H2,1-2H3. The highest BCUT2D eigenvalue weighted by Crippen LogP contribution is 2.23. The Balaban J connectivity index is 3.61. The third-order valence-electron chi connectivity index (χ3n) is 1.72. The Morgan fingerprint density at radius 1 is 1.30 bits per heavy atom. The van der Waals surface area contributed by atoms with Gasteiger partial charge in [0, 0.05) is 5.03 Å². The van der Waals surface area contributed by atoms with E-state index < -0.39 is 0 Å². The normalized spacial score (nSPS) is 10.4. The predicted molar refractivity (Wildman–Crippen MR) is 48.3 cm³/mol. The second-order valence-electron chi connectivity index (χ2n) is 2.72. The van der Waals surface area contributed by atoms with E-state index in [-0.39, 0.29) is 0 Å². The van der Waals surface area contributed by atoms with Crippen molar-refractivity contribution in [1.29, 1.82) is 0 Å². The van der Waals surface area contributed by atoms with Crippen LogP contribution in [-0.2, 0) is 0 Å². The lowest BCUT2D eigenvalue weighted by molar-refractivity contribution is 0.522. The van der Waals surface area contributed by atoms with Gasteiger partial charge in [-0.3, -0.25) is 0 Å². The molecule has 60 valence electrons. The molecule has 0 heterocycles. The number of hydrogen-bond acceptors (Lipinski definition) is 0. The maximum atomic E-state index is 5.81. The fourth-order valence-corrected chi connectivity index (χ4v) is 1.37. The second kappa shape index (κ2) is 5.79. The van der Waals surface area contributed by atoms with Crippen molar-refractivity contribution < 1.29 is 0 Å². The van der Waals surface area contributed by atoms with Gasteiger partial charge in [0.25, 0.3) is 0 Å². The van der Waals surface area contributed by atoms with E-state index in [1.807, 2.05) is 0 Å². The fourth-order valence-electron chi connectivity index (χ4n) is 1.15. The minimum absolute atomic E-state index is 0.552. The summed E-state index contributed by atoms with van der Waals surface area (Å²) >= 11 is 5.81. The van der Waals surface area contributed by atoms with E-state index >= 15 is 0 Å². The Kier molecular flexibility index (Phi) is 5.81. The van der Waals surface area contributed by atoms with Crippen molar-refractivity contribution in [3.8, 4) is 0 Å². The smallest absolute Gasteiger partial charge is 0.0140 e. The molecule has 0 spiro atoms. The molecule has 0 rings (SSSR count). The topological polar surface area (TPSA) is 0 Å². The van der Waals surface area contributed by atoms with E-state index in [9.17, 15) is 0 Å². The van der Waals surface area contributed by atoms with Crippen LogP contribution in [-0.4, -0.2) is 0 Å². The molecule has 0 radical (unpaired) electrons. The molecule has 0 saturated heterocycles. The van der Waals surface area contributed by atoms with Gasteiger partial charge in [-0.15, -0.1) is 0 Å². The molecule has 0 amide bonds. The highest BCUT2D eigenvalue weighted by atomic mass is 35.5. The van der Waals surface area contributed by atoms with Crippen molar-refractivity contribution in [3.05, 3.63) is 11.6 Å². The lowest BCUT2D eigenvalue weighted by Crippen LogP contribution is -1.98. The Morgan fingerprint density at radius 2 is 1.70 bits per heavy atom. The summed E-state index contributed by atoms with van der Waals surface area (Å²) in [5, 5.41) is 0.837. The van der Waals surface area contributed by atoms with Gasteiger partial charge < -0.3 is 0 Å². The van der Waals surface area contributed by atoms with Gasteiger partial charge in [0.05, 0.1) is 0 Å². The van der Waals surface area contributed by atoms with Crippen molar-refractivity contribution >= 4 is 11.6 Å². The summed E-state index contributed by atoms with van der Waals surface area (Å²) in [6.07, 6.45) is 4.79. The van der Waals surface area contributed by atoms with E-state index in [1.165, 1.54) is 25.7 Å². The molecule has 0 aliphatic rings. The van der Waals surface area contributed by atoms with Gasteiger partial charge in [0.1, 0.15) is 0 Å². The van der Waals surface area contributed by atoms with E-state index in [0.29, 0.717) is 5.92 Å². The summed E-state index contributed by atoms with van der Waals surface area (Å²) in [6.45, 7) is 8.12. The molecular weight excluding hydrogens is 144 g/mol. The van der Waals surface area contributed by atoms with Gasteiger partial charge in [-0.05, 0) is 18.8 Å². The minimum atomic E-state index is 0.552. The van der Waals surface area contributed by atoms with Gasteiger partial charge >= 0.3 is 0 Å². The molecule has 0 aromatic rings. The first-order chi connectivity index (χ1) is 4.72. The first-order valence-corrected chi connectivity index (χ1v) is 4.44. The molecular formula is C9H17Cl. The quantitative estimate of drug-likeness (QED) is 0.571. The average molecular weight is 161 g/mol. The van der Waals surface area contributed by atoms with Crippen LogP contribution in [0.5, 0.6) is 0 Å². The van der Waals surface area contributed by atoms with Crippen LogP contribution in [0, 0.1) is 5.92 Å². The third kappa shape index (κ3) is 3.94. The van der Waals surface area contributed by atoms with Crippen LogP contribution in [0.25, 0.3) is 0 Å². The van der Waals surface area contributed by atoms with Crippen molar-refractivity contribution in [2.45, 2.75) is 39.5 Å². The Morgan fingerprint density at radius 3 is 1.90 bits per heavy atom. The summed E-state index contributed by atoms with van der Waals surface area (Å²) in [5.41, 5.74) is 0. The van der Waals surface area contributed by atoms with Crippen molar-refractivity contribution in [1.82, 2.24) is 0 Å². The summed E-state index contributed by atoms with van der Waals surface area (Å²) in [6, 6.07) is 0. The Labute approximate surface area is 69.3 Å². The summed E-state index contributed by atoms with van der Waals surface area (Å²) in [7, 11) is 0. The lowest BCUT2D eigenvalue weighted by atomic mass is 9.98. The predicted octanol–water partition coefficient (Wildman–Crippen LogP) is 3.96. The van der Waals surface area contributed by atoms with Gasteiger partial charge in [0.15, 0.2) is 0 Å². The molecule has 0 saturated carbocycles. The molecule has 0 aliphatic carbocycles. The number of rotatable bonds is 5. The molecule has 0 aliphatic heterocycles. The highest BCUT2D eigenvalue weighted by Gasteiger charge is 2.07. The zero-order valence-electron chi connectivity index (χ0n) is 6.99. The van der Waals surface area contributed by atoms with Gasteiger partial charge in [0.2, 0.25) is 0 Å². The molecule has 0 unspecified atom stereocenters. The zero-order valence-corrected chi connectivity index (χ0v) is 7.75. The molecule has 0 N–H and O–H groups in total. The summed E-state index contributed by atoms with van der Waals surface area (Å²) in [4.78, 5) is 0.